The average molecular weight is 843 g/mol. The van der Waals surface area contributed by atoms with Gasteiger partial charge < -0.3 is 9.80 Å². The van der Waals surface area contributed by atoms with E-state index in [1.807, 2.05) is 0 Å². The molecule has 1 aliphatic heterocycles. The summed E-state index contributed by atoms with van der Waals surface area (Å²) >= 11 is 0. The highest BCUT2D eigenvalue weighted by Gasteiger charge is 2.52. The molecule has 0 atom stereocenters. The highest BCUT2D eigenvalue weighted by atomic mass is 15.2. The van der Waals surface area contributed by atoms with E-state index in [2.05, 4.69) is 266 Å². The topological polar surface area (TPSA) is 6.48 Å². The van der Waals surface area contributed by atoms with Crippen molar-refractivity contribution in [2.75, 3.05) is 9.80 Å². The van der Waals surface area contributed by atoms with Crippen molar-refractivity contribution in [2.45, 2.75) is 24.7 Å². The molecule has 2 aliphatic carbocycles. The Hall–Kier alpha value is -8.20. The van der Waals surface area contributed by atoms with Crippen molar-refractivity contribution in [3.05, 3.63) is 276 Å². The normalized spacial score (nSPS) is 14.1. The van der Waals surface area contributed by atoms with E-state index in [0.29, 0.717) is 0 Å². The maximum Gasteiger partial charge on any atom is 0.0755 e. The number of anilines is 6. The molecule has 0 fully saturated rings. The minimum atomic E-state index is -0.595. The van der Waals surface area contributed by atoms with Crippen molar-refractivity contribution in [1.82, 2.24) is 0 Å². The van der Waals surface area contributed by atoms with Gasteiger partial charge in [-0.05, 0) is 115 Å². The number of fused-ring (bicyclic) bond motifs is 12. The second-order valence-corrected chi connectivity index (χ2v) is 18.4. The van der Waals surface area contributed by atoms with Crippen LogP contribution in [0.15, 0.2) is 243 Å². The molecular weight excluding hydrogens is 797 g/mol. The Morgan fingerprint density at radius 3 is 1.56 bits per heavy atom. The van der Waals surface area contributed by atoms with E-state index in [1.54, 1.807) is 0 Å². The van der Waals surface area contributed by atoms with Gasteiger partial charge in [0.25, 0.3) is 0 Å². The molecule has 312 valence electrons. The second-order valence-electron chi connectivity index (χ2n) is 18.4. The predicted molar refractivity (Wildman–Crippen MR) is 275 cm³/mol. The Morgan fingerprint density at radius 2 is 0.864 bits per heavy atom. The molecule has 0 bridgehead atoms. The summed E-state index contributed by atoms with van der Waals surface area (Å²) in [6, 6.07) is 90.2. The van der Waals surface area contributed by atoms with Crippen LogP contribution in [0, 0.1) is 0 Å². The molecule has 0 amide bonds. The van der Waals surface area contributed by atoms with Gasteiger partial charge in [-0.25, -0.2) is 0 Å². The number of nitrogens with zero attached hydrogens (tertiary/aromatic N) is 2. The van der Waals surface area contributed by atoms with E-state index in [4.69, 9.17) is 0 Å². The van der Waals surface area contributed by atoms with Crippen LogP contribution in [0.25, 0.3) is 44.5 Å². The van der Waals surface area contributed by atoms with Gasteiger partial charge in [0.1, 0.15) is 0 Å². The van der Waals surface area contributed by atoms with Crippen LogP contribution in [-0.2, 0) is 10.8 Å². The highest BCUT2D eigenvalue weighted by molar-refractivity contribution is 6.03. The fourth-order valence-corrected chi connectivity index (χ4v) is 11.8. The summed E-state index contributed by atoms with van der Waals surface area (Å²) in [4.78, 5) is 5.04. The monoisotopic (exact) mass is 842 g/mol. The number of hydrogen-bond donors (Lipinski definition) is 0. The molecular formula is C64H46N2. The summed E-state index contributed by atoms with van der Waals surface area (Å²) in [5, 5.41) is 0. The fourth-order valence-electron chi connectivity index (χ4n) is 11.8. The van der Waals surface area contributed by atoms with Crippen LogP contribution in [-0.4, -0.2) is 0 Å². The van der Waals surface area contributed by atoms with Crippen molar-refractivity contribution in [3.8, 4) is 44.5 Å². The summed E-state index contributed by atoms with van der Waals surface area (Å²) in [6.45, 7) is 4.77. The molecule has 10 aromatic carbocycles. The molecule has 0 unspecified atom stereocenters. The molecule has 0 aromatic heterocycles. The Labute approximate surface area is 387 Å². The highest BCUT2D eigenvalue weighted by Crippen LogP contribution is 2.65. The van der Waals surface area contributed by atoms with Crippen molar-refractivity contribution < 1.29 is 0 Å². The third kappa shape index (κ3) is 5.42. The molecule has 2 nitrogen and oxygen atoms in total. The number of para-hydroxylation sites is 3. The molecule has 2 heteroatoms. The molecule has 3 aliphatic rings. The van der Waals surface area contributed by atoms with Crippen molar-refractivity contribution in [2.24, 2.45) is 0 Å². The minimum absolute atomic E-state index is 0.183. The van der Waals surface area contributed by atoms with E-state index >= 15 is 0 Å². The van der Waals surface area contributed by atoms with Crippen LogP contribution in [0.2, 0.25) is 0 Å². The van der Waals surface area contributed by atoms with Gasteiger partial charge in [0.05, 0.1) is 28.2 Å². The molecule has 13 rings (SSSR count). The zero-order valence-corrected chi connectivity index (χ0v) is 37.0. The van der Waals surface area contributed by atoms with Gasteiger partial charge in [0.2, 0.25) is 0 Å². The van der Waals surface area contributed by atoms with Gasteiger partial charge >= 0.3 is 0 Å². The van der Waals surface area contributed by atoms with Crippen LogP contribution >= 0.6 is 0 Å². The summed E-state index contributed by atoms with van der Waals surface area (Å²) in [7, 11) is 0. The number of rotatable bonds is 6. The molecule has 1 spiro atoms. The number of benzene rings is 10. The van der Waals surface area contributed by atoms with Crippen LogP contribution < -0.4 is 9.80 Å². The molecule has 66 heavy (non-hydrogen) atoms. The first-order valence-electron chi connectivity index (χ1n) is 23.1. The van der Waals surface area contributed by atoms with Gasteiger partial charge in [-0.3, -0.25) is 0 Å². The largest absolute Gasteiger partial charge is 0.310 e. The Balaban J connectivity index is 1.13. The quantitative estimate of drug-likeness (QED) is 0.165. The zero-order valence-electron chi connectivity index (χ0n) is 37.0. The summed E-state index contributed by atoms with van der Waals surface area (Å²) < 4.78 is 0. The van der Waals surface area contributed by atoms with Crippen molar-refractivity contribution in [1.29, 1.82) is 0 Å². The first-order valence-corrected chi connectivity index (χ1v) is 23.1. The smallest absolute Gasteiger partial charge is 0.0755 e. The summed E-state index contributed by atoms with van der Waals surface area (Å²) in [6.07, 6.45) is 0. The van der Waals surface area contributed by atoms with E-state index in [0.717, 1.165) is 22.7 Å². The lowest BCUT2D eigenvalue weighted by molar-refractivity contribution is 0.660. The van der Waals surface area contributed by atoms with Crippen LogP contribution in [0.1, 0.15) is 47.2 Å². The van der Waals surface area contributed by atoms with Gasteiger partial charge in [0.15, 0.2) is 0 Å². The average Bonchev–Trinajstić information content (AvgIpc) is 3.80. The lowest BCUT2D eigenvalue weighted by Crippen LogP contribution is -2.36. The lowest BCUT2D eigenvalue weighted by atomic mass is 9.64. The molecule has 0 saturated heterocycles. The summed E-state index contributed by atoms with van der Waals surface area (Å²) in [5.41, 5.74) is 23.8. The third-order valence-electron chi connectivity index (χ3n) is 14.7. The van der Waals surface area contributed by atoms with Crippen LogP contribution in [0.5, 0.6) is 0 Å². The Morgan fingerprint density at radius 1 is 0.333 bits per heavy atom. The fraction of sp³-hybridized carbons (Fsp3) is 0.0625. The molecule has 0 N–H and O–H groups in total. The van der Waals surface area contributed by atoms with E-state index in [1.165, 1.54) is 89.3 Å². The van der Waals surface area contributed by atoms with Crippen molar-refractivity contribution >= 4 is 34.1 Å². The van der Waals surface area contributed by atoms with E-state index in [9.17, 15) is 0 Å². The maximum atomic E-state index is 2.58. The second kappa shape index (κ2) is 14.7. The Bertz CT molecular complexity index is 3470. The van der Waals surface area contributed by atoms with Crippen LogP contribution in [0.4, 0.5) is 34.1 Å². The van der Waals surface area contributed by atoms with Gasteiger partial charge in [-0.2, -0.15) is 0 Å². The first-order chi connectivity index (χ1) is 32.5. The standard InChI is InChI=1S/C64H46N2/c1-63(2)52-29-14-12-27-49(52)50-40-38-47(42-57(50)63)66(61-41-45(43-21-6-3-7-22-43)37-39-48(61)44-23-8-4-9-24-44)60-36-20-33-56-62(60)51-28-13-15-30-53(51)64(56)54-31-16-18-34-58(54)65(46-25-10-5-11-26-46)59-35-19-17-32-55(59)64/h3-42H,1-2H3. The van der Waals surface area contributed by atoms with Gasteiger partial charge in [-0.1, -0.05) is 208 Å². The zero-order chi connectivity index (χ0) is 44.0. The number of hydrogen-bond acceptors (Lipinski definition) is 2. The molecule has 1 heterocycles. The minimum Gasteiger partial charge on any atom is -0.310 e. The molecule has 10 aromatic rings. The Kier molecular flexibility index (Phi) is 8.51. The van der Waals surface area contributed by atoms with Crippen LogP contribution in [0.3, 0.4) is 0 Å². The maximum absolute atomic E-state index is 2.58. The predicted octanol–water partition coefficient (Wildman–Crippen LogP) is 16.9. The van der Waals surface area contributed by atoms with Gasteiger partial charge in [-0.15, -0.1) is 0 Å². The van der Waals surface area contributed by atoms with E-state index < -0.39 is 5.41 Å². The first kappa shape index (κ1) is 38.3. The summed E-state index contributed by atoms with van der Waals surface area (Å²) in [5.74, 6) is 0. The van der Waals surface area contributed by atoms with Gasteiger partial charge in [0, 0.05) is 27.9 Å². The molecule has 0 saturated carbocycles. The SMILES string of the molecule is CC1(C)c2ccccc2-c2ccc(N(c3cc(-c4ccccc4)ccc3-c3ccccc3)c3cccc4c3-c3ccccc3C43c4ccccc4N(c4ccccc4)c4ccccc43)cc21. The lowest BCUT2D eigenvalue weighted by Gasteiger charge is -2.45. The molecule has 0 radical (unpaired) electrons. The van der Waals surface area contributed by atoms with E-state index in [-0.39, 0.29) is 5.41 Å². The third-order valence-corrected chi connectivity index (χ3v) is 14.7. The van der Waals surface area contributed by atoms with Crippen molar-refractivity contribution in [3.63, 3.8) is 0 Å².